The Bertz CT molecular complexity index is 699. The van der Waals surface area contributed by atoms with Crippen molar-refractivity contribution in [1.29, 1.82) is 0 Å². The van der Waals surface area contributed by atoms with Gasteiger partial charge in [0.25, 0.3) is 5.69 Å². The number of benzene rings is 1. The number of sulfonamides is 1. The molecule has 1 aromatic carbocycles. The molecule has 10 heteroatoms. The van der Waals surface area contributed by atoms with Crippen LogP contribution in [0.2, 0.25) is 0 Å². The van der Waals surface area contributed by atoms with Crippen molar-refractivity contribution < 1.29 is 22.1 Å². The molecule has 0 atom stereocenters. The maximum absolute atomic E-state index is 13.1. The van der Waals surface area contributed by atoms with Gasteiger partial charge >= 0.3 is 0 Å². The maximum atomic E-state index is 13.1. The van der Waals surface area contributed by atoms with Crippen LogP contribution < -0.4 is 10.5 Å². The first-order chi connectivity index (χ1) is 10.6. The Morgan fingerprint density at radius 3 is 2.48 bits per heavy atom. The topological polar surface area (TPSA) is 115 Å². The van der Waals surface area contributed by atoms with E-state index in [0.29, 0.717) is 19.4 Å². The third-order valence-corrected chi connectivity index (χ3v) is 4.82. The van der Waals surface area contributed by atoms with E-state index in [1.807, 2.05) is 0 Å². The van der Waals surface area contributed by atoms with Crippen LogP contribution in [-0.2, 0) is 10.0 Å². The molecule has 1 aliphatic carbocycles. The summed E-state index contributed by atoms with van der Waals surface area (Å²) in [5.41, 5.74) is -0.280. The van der Waals surface area contributed by atoms with E-state index >= 15 is 0 Å². The largest absolute Gasteiger partial charge is 0.379 e. The zero-order valence-corrected chi connectivity index (χ0v) is 13.0. The third kappa shape index (κ3) is 4.58. The van der Waals surface area contributed by atoms with Gasteiger partial charge in [0.2, 0.25) is 15.9 Å². The standard InChI is InChI=1S/C13H17F2N3O4S/c14-13(15)5-3-9(4-6-13)8-17-11-2-1-10(23(16,21)22)7-12(11)18(19)20/h1-2,7,9,17H,3-6,8H2,(H2,16,21,22). The van der Waals surface area contributed by atoms with Crippen LogP contribution in [0.4, 0.5) is 20.2 Å². The average molecular weight is 349 g/mol. The Hall–Kier alpha value is -1.81. The van der Waals surface area contributed by atoms with Crippen LogP contribution in [0, 0.1) is 16.0 Å². The minimum absolute atomic E-state index is 0.00727. The van der Waals surface area contributed by atoms with Crippen molar-refractivity contribution in [3.63, 3.8) is 0 Å². The van der Waals surface area contributed by atoms with Crippen molar-refractivity contribution in [2.45, 2.75) is 36.5 Å². The minimum atomic E-state index is -4.04. The molecule has 0 unspecified atom stereocenters. The minimum Gasteiger partial charge on any atom is -0.379 e. The summed E-state index contributed by atoms with van der Waals surface area (Å²) in [6, 6.07) is 3.31. The lowest BCUT2D eigenvalue weighted by atomic mass is 9.87. The van der Waals surface area contributed by atoms with Crippen LogP contribution in [0.3, 0.4) is 0 Å². The Balaban J connectivity index is 2.09. The smallest absolute Gasteiger partial charge is 0.293 e. The zero-order valence-electron chi connectivity index (χ0n) is 12.2. The summed E-state index contributed by atoms with van der Waals surface area (Å²) in [4.78, 5) is 10.00. The van der Waals surface area contributed by atoms with Crippen molar-refractivity contribution in [2.75, 3.05) is 11.9 Å². The molecule has 0 spiro atoms. The Morgan fingerprint density at radius 1 is 1.35 bits per heavy atom. The summed E-state index contributed by atoms with van der Waals surface area (Å²) >= 11 is 0. The summed E-state index contributed by atoms with van der Waals surface area (Å²) in [7, 11) is -4.04. The van der Waals surface area contributed by atoms with Crippen LogP contribution >= 0.6 is 0 Å². The molecule has 1 aliphatic rings. The molecule has 0 heterocycles. The molecule has 0 aromatic heterocycles. The van der Waals surface area contributed by atoms with Crippen molar-refractivity contribution in [3.8, 4) is 0 Å². The molecule has 0 amide bonds. The van der Waals surface area contributed by atoms with Gasteiger partial charge in [0.15, 0.2) is 0 Å². The highest BCUT2D eigenvalue weighted by Crippen LogP contribution is 2.36. The molecule has 1 saturated carbocycles. The van der Waals surface area contributed by atoms with Crippen molar-refractivity contribution in [1.82, 2.24) is 0 Å². The van der Waals surface area contributed by atoms with Gasteiger partial charge in [-0.1, -0.05) is 0 Å². The summed E-state index contributed by atoms with van der Waals surface area (Å²) in [5.74, 6) is -2.63. The van der Waals surface area contributed by atoms with Gasteiger partial charge in [-0.3, -0.25) is 10.1 Å². The van der Waals surface area contributed by atoms with Crippen molar-refractivity contribution >= 4 is 21.4 Å². The average Bonchev–Trinajstić information content (AvgIpc) is 2.45. The lowest BCUT2D eigenvalue weighted by molar-refractivity contribution is -0.384. The van der Waals surface area contributed by atoms with E-state index in [1.54, 1.807) is 0 Å². The number of anilines is 1. The monoisotopic (exact) mass is 349 g/mol. The molecule has 128 valence electrons. The quantitative estimate of drug-likeness (QED) is 0.626. The summed E-state index contributed by atoms with van der Waals surface area (Å²) in [6.45, 7) is 0.311. The van der Waals surface area contributed by atoms with E-state index in [9.17, 15) is 27.3 Å². The predicted octanol–water partition coefficient (Wildman–Crippen LogP) is 2.48. The summed E-state index contributed by atoms with van der Waals surface area (Å²) < 4.78 is 48.7. The number of alkyl halides is 2. The number of hydrogen-bond acceptors (Lipinski definition) is 5. The fourth-order valence-corrected chi connectivity index (χ4v) is 3.08. The number of hydrogen-bond donors (Lipinski definition) is 2. The zero-order chi connectivity index (χ0) is 17.3. The first-order valence-corrected chi connectivity index (χ1v) is 8.56. The van der Waals surface area contributed by atoms with Gasteiger partial charge in [-0.2, -0.15) is 0 Å². The second-order valence-electron chi connectivity index (χ2n) is 5.66. The van der Waals surface area contributed by atoms with E-state index in [4.69, 9.17) is 5.14 Å². The Kier molecular flexibility index (Phi) is 4.85. The molecular weight excluding hydrogens is 332 g/mol. The van der Waals surface area contributed by atoms with E-state index in [1.165, 1.54) is 12.1 Å². The van der Waals surface area contributed by atoms with Crippen LogP contribution in [0.25, 0.3) is 0 Å². The van der Waals surface area contributed by atoms with E-state index < -0.39 is 26.6 Å². The number of halogens is 2. The van der Waals surface area contributed by atoms with Crippen molar-refractivity contribution in [2.24, 2.45) is 11.1 Å². The van der Waals surface area contributed by atoms with Crippen molar-refractivity contribution in [3.05, 3.63) is 28.3 Å². The molecular formula is C13H17F2N3O4S. The molecule has 0 bridgehead atoms. The van der Waals surface area contributed by atoms with Gasteiger partial charge in [-0.05, 0) is 30.9 Å². The molecule has 23 heavy (non-hydrogen) atoms. The predicted molar refractivity (Wildman–Crippen MR) is 79.9 cm³/mol. The summed E-state index contributed by atoms with van der Waals surface area (Å²) in [5, 5.41) is 18.9. The first kappa shape index (κ1) is 17.5. The van der Waals surface area contributed by atoms with Gasteiger partial charge in [0.1, 0.15) is 5.69 Å². The lowest BCUT2D eigenvalue weighted by Gasteiger charge is -2.28. The molecule has 1 fully saturated rings. The van der Waals surface area contributed by atoms with Crippen LogP contribution in [0.5, 0.6) is 0 Å². The second-order valence-corrected chi connectivity index (χ2v) is 7.22. The van der Waals surface area contributed by atoms with Crippen LogP contribution in [0.15, 0.2) is 23.1 Å². The SMILES string of the molecule is NS(=O)(=O)c1ccc(NCC2CCC(F)(F)CC2)c([N+](=O)[O-])c1. The van der Waals surface area contributed by atoms with Gasteiger partial charge in [0.05, 0.1) is 9.82 Å². The number of nitrogens with two attached hydrogens (primary N) is 1. The van der Waals surface area contributed by atoms with Gasteiger partial charge < -0.3 is 5.32 Å². The number of primary sulfonamides is 1. The molecule has 1 aromatic rings. The van der Waals surface area contributed by atoms with Gasteiger partial charge in [0, 0.05) is 25.5 Å². The first-order valence-electron chi connectivity index (χ1n) is 7.01. The molecule has 0 radical (unpaired) electrons. The molecule has 0 aliphatic heterocycles. The highest BCUT2D eigenvalue weighted by Gasteiger charge is 2.34. The lowest BCUT2D eigenvalue weighted by Crippen LogP contribution is -2.28. The van der Waals surface area contributed by atoms with E-state index in [0.717, 1.165) is 6.07 Å². The number of nitro benzene ring substituents is 1. The number of nitro groups is 1. The number of nitrogens with zero attached hydrogens (tertiary/aromatic N) is 1. The van der Waals surface area contributed by atoms with Gasteiger partial charge in [-0.25, -0.2) is 22.3 Å². The molecule has 7 nitrogen and oxygen atoms in total. The number of rotatable bonds is 5. The summed E-state index contributed by atoms with van der Waals surface area (Å²) in [6.07, 6.45) is 0.295. The number of nitrogens with one attached hydrogen (secondary N) is 1. The molecule has 0 saturated heterocycles. The van der Waals surface area contributed by atoms with E-state index in [-0.39, 0.29) is 29.3 Å². The Labute approximate surface area is 132 Å². The van der Waals surface area contributed by atoms with E-state index in [2.05, 4.69) is 5.32 Å². The highest BCUT2D eigenvalue weighted by molar-refractivity contribution is 7.89. The highest BCUT2D eigenvalue weighted by atomic mass is 32.2. The fraction of sp³-hybridized carbons (Fsp3) is 0.538. The van der Waals surface area contributed by atoms with Crippen LogP contribution in [-0.4, -0.2) is 25.8 Å². The Morgan fingerprint density at radius 2 is 1.96 bits per heavy atom. The fourth-order valence-electron chi connectivity index (χ4n) is 2.55. The maximum Gasteiger partial charge on any atom is 0.293 e. The third-order valence-electron chi connectivity index (χ3n) is 3.91. The molecule has 3 N–H and O–H groups in total. The van der Waals surface area contributed by atoms with Crippen LogP contribution in [0.1, 0.15) is 25.7 Å². The molecule has 2 rings (SSSR count). The second kappa shape index (κ2) is 6.36. The van der Waals surface area contributed by atoms with Gasteiger partial charge in [-0.15, -0.1) is 0 Å². The normalized spacial score (nSPS) is 18.6.